The van der Waals surface area contributed by atoms with Gasteiger partial charge in [-0.25, -0.2) is 9.18 Å². The van der Waals surface area contributed by atoms with E-state index < -0.39 is 12.1 Å². The number of nitrogens with one attached hydrogen (secondary N) is 1. The van der Waals surface area contributed by atoms with Crippen LogP contribution in [0, 0.1) is 17.7 Å². The highest BCUT2D eigenvalue weighted by Crippen LogP contribution is 2.34. The van der Waals surface area contributed by atoms with E-state index in [4.69, 9.17) is 14.6 Å². The Morgan fingerprint density at radius 3 is 2.55 bits per heavy atom. The van der Waals surface area contributed by atoms with Crippen molar-refractivity contribution in [3.63, 3.8) is 0 Å². The quantitative estimate of drug-likeness (QED) is 0.645. The molecule has 2 saturated heterocycles. The highest BCUT2D eigenvalue weighted by Gasteiger charge is 2.43. The van der Waals surface area contributed by atoms with Crippen molar-refractivity contribution in [1.82, 2.24) is 20.4 Å². The molecule has 33 heavy (non-hydrogen) atoms. The Labute approximate surface area is 186 Å². The second-order valence-electron chi connectivity index (χ2n) is 7.73. The van der Waals surface area contributed by atoms with Gasteiger partial charge in [-0.05, 0) is 12.1 Å². The first-order chi connectivity index (χ1) is 15.6. The molecule has 0 spiro atoms. The number of rotatable bonds is 5. The topological polar surface area (TPSA) is 105 Å². The minimum atomic E-state index is -5.08. The summed E-state index contributed by atoms with van der Waals surface area (Å²) in [7, 11) is 0. The molecule has 1 aromatic carbocycles. The standard InChI is InChI=1S/C19H21FN4O2.C2HF3O2/c20-17-4-2-1-3-14(17)9-24-10-16-15(12-26-18(16)11-24)7-21-19(25)13-5-6-22-23-8-13;3-2(4,5)1(6)7/h1-6,8,15-16,18H,7,9-12H2,(H,21,25);(H,6,7)/t15-,16-,18-;/m1./s1. The van der Waals surface area contributed by atoms with Crippen LogP contribution in [0.1, 0.15) is 15.9 Å². The molecule has 2 aliphatic heterocycles. The number of aliphatic carboxylic acids is 1. The van der Waals surface area contributed by atoms with Gasteiger partial charge in [-0.15, -0.1) is 0 Å². The van der Waals surface area contributed by atoms with Gasteiger partial charge in [0.2, 0.25) is 0 Å². The zero-order valence-corrected chi connectivity index (χ0v) is 17.3. The lowest BCUT2D eigenvalue weighted by Crippen LogP contribution is -2.34. The minimum Gasteiger partial charge on any atom is -0.475 e. The van der Waals surface area contributed by atoms with Crippen molar-refractivity contribution in [1.29, 1.82) is 0 Å². The van der Waals surface area contributed by atoms with Crippen molar-refractivity contribution in [3.05, 3.63) is 59.7 Å². The zero-order valence-electron chi connectivity index (χ0n) is 17.3. The summed E-state index contributed by atoms with van der Waals surface area (Å²) in [4.78, 5) is 23.3. The van der Waals surface area contributed by atoms with E-state index in [1.807, 2.05) is 12.1 Å². The van der Waals surface area contributed by atoms with E-state index in [-0.39, 0.29) is 23.7 Å². The smallest absolute Gasteiger partial charge is 0.475 e. The second kappa shape index (κ2) is 10.7. The van der Waals surface area contributed by atoms with E-state index in [0.29, 0.717) is 36.7 Å². The van der Waals surface area contributed by atoms with Gasteiger partial charge in [-0.3, -0.25) is 9.69 Å². The summed E-state index contributed by atoms with van der Waals surface area (Å²) < 4.78 is 51.5. The number of amides is 1. The predicted octanol–water partition coefficient (Wildman–Crippen LogP) is 2.13. The van der Waals surface area contributed by atoms with Crippen LogP contribution in [0.3, 0.4) is 0 Å². The first-order valence-corrected chi connectivity index (χ1v) is 10.1. The SMILES string of the molecule is O=C(NC[C@@H]1CO[C@@H]2CN(Cc3ccccc3F)C[C@H]12)c1ccnnc1.O=C(O)C(F)(F)F. The number of fused-ring (bicyclic) bond motifs is 1. The number of benzene rings is 1. The predicted molar refractivity (Wildman–Crippen MR) is 106 cm³/mol. The van der Waals surface area contributed by atoms with Crippen molar-refractivity contribution in [2.75, 3.05) is 26.2 Å². The van der Waals surface area contributed by atoms with E-state index in [1.54, 1.807) is 12.1 Å². The van der Waals surface area contributed by atoms with Crippen LogP contribution in [-0.4, -0.2) is 70.6 Å². The van der Waals surface area contributed by atoms with E-state index in [2.05, 4.69) is 20.4 Å². The Hall–Kier alpha value is -3.12. The van der Waals surface area contributed by atoms with Crippen LogP contribution >= 0.6 is 0 Å². The van der Waals surface area contributed by atoms with Crippen LogP contribution in [0.5, 0.6) is 0 Å². The average molecular weight is 470 g/mol. The molecule has 1 amide bonds. The fourth-order valence-electron chi connectivity index (χ4n) is 3.84. The number of nitrogens with zero attached hydrogens (tertiary/aromatic N) is 3. The maximum absolute atomic E-state index is 13.9. The maximum atomic E-state index is 13.9. The van der Waals surface area contributed by atoms with Crippen LogP contribution in [0.4, 0.5) is 17.6 Å². The average Bonchev–Trinajstić information content (AvgIpc) is 3.34. The first kappa shape index (κ1) is 24.5. The van der Waals surface area contributed by atoms with Gasteiger partial charge in [-0.2, -0.15) is 23.4 Å². The Morgan fingerprint density at radius 2 is 1.91 bits per heavy atom. The van der Waals surface area contributed by atoms with Gasteiger partial charge in [0.05, 0.1) is 30.7 Å². The largest absolute Gasteiger partial charge is 0.490 e. The van der Waals surface area contributed by atoms with Gasteiger partial charge in [0.25, 0.3) is 5.91 Å². The Bertz CT molecular complexity index is 961. The van der Waals surface area contributed by atoms with Crippen molar-refractivity contribution < 1.29 is 37.0 Å². The Balaban J connectivity index is 0.000000383. The Kier molecular flexibility index (Phi) is 7.92. The zero-order chi connectivity index (χ0) is 24.0. The number of aromatic nitrogens is 2. The monoisotopic (exact) mass is 470 g/mol. The molecule has 4 rings (SSSR count). The molecule has 3 heterocycles. The molecule has 178 valence electrons. The van der Waals surface area contributed by atoms with Crippen molar-refractivity contribution in [3.8, 4) is 0 Å². The summed E-state index contributed by atoms with van der Waals surface area (Å²) in [5.41, 5.74) is 1.21. The first-order valence-electron chi connectivity index (χ1n) is 10.1. The number of hydrogen-bond donors (Lipinski definition) is 2. The maximum Gasteiger partial charge on any atom is 0.490 e. The van der Waals surface area contributed by atoms with Gasteiger partial charge >= 0.3 is 12.1 Å². The summed E-state index contributed by atoms with van der Waals surface area (Å²) in [6.07, 6.45) is -1.97. The van der Waals surface area contributed by atoms with Crippen LogP contribution in [0.25, 0.3) is 0 Å². The lowest BCUT2D eigenvalue weighted by atomic mass is 9.93. The van der Waals surface area contributed by atoms with Crippen molar-refractivity contribution in [2.24, 2.45) is 11.8 Å². The molecule has 1 aromatic heterocycles. The van der Waals surface area contributed by atoms with Crippen molar-refractivity contribution in [2.45, 2.75) is 18.8 Å². The number of carbonyl (C=O) groups is 2. The summed E-state index contributed by atoms with van der Waals surface area (Å²) in [5.74, 6) is -2.45. The van der Waals surface area contributed by atoms with E-state index in [1.165, 1.54) is 18.5 Å². The summed E-state index contributed by atoms with van der Waals surface area (Å²) in [6.45, 7) is 3.46. The highest BCUT2D eigenvalue weighted by atomic mass is 19.4. The fraction of sp³-hybridized carbons (Fsp3) is 0.429. The summed E-state index contributed by atoms with van der Waals surface area (Å²) in [5, 5.41) is 17.5. The third-order valence-corrected chi connectivity index (χ3v) is 5.48. The number of alkyl halides is 3. The van der Waals surface area contributed by atoms with Gasteiger partial charge in [0.15, 0.2) is 0 Å². The number of ether oxygens (including phenoxy) is 1. The number of halogens is 4. The second-order valence-corrected chi connectivity index (χ2v) is 7.73. The third kappa shape index (κ3) is 6.68. The van der Waals surface area contributed by atoms with Crippen molar-refractivity contribution >= 4 is 11.9 Å². The summed E-state index contributed by atoms with van der Waals surface area (Å²) >= 11 is 0. The molecular formula is C21H22F4N4O4. The Morgan fingerprint density at radius 1 is 1.18 bits per heavy atom. The number of hydrogen-bond acceptors (Lipinski definition) is 6. The number of likely N-dealkylation sites (tertiary alicyclic amines) is 1. The molecule has 0 saturated carbocycles. The summed E-state index contributed by atoms with van der Waals surface area (Å²) in [6, 6.07) is 8.53. The van der Waals surface area contributed by atoms with E-state index in [9.17, 15) is 22.4 Å². The molecule has 2 aliphatic rings. The van der Waals surface area contributed by atoms with E-state index in [0.717, 1.165) is 13.1 Å². The number of carboxylic acids is 1. The van der Waals surface area contributed by atoms with Gasteiger partial charge in [-0.1, -0.05) is 18.2 Å². The van der Waals surface area contributed by atoms with E-state index >= 15 is 0 Å². The van der Waals surface area contributed by atoms with Crippen LogP contribution < -0.4 is 5.32 Å². The van der Waals surface area contributed by atoms with Gasteiger partial charge in [0, 0.05) is 43.6 Å². The lowest BCUT2D eigenvalue weighted by Gasteiger charge is -2.20. The lowest BCUT2D eigenvalue weighted by molar-refractivity contribution is -0.192. The molecule has 0 bridgehead atoms. The van der Waals surface area contributed by atoms with Gasteiger partial charge < -0.3 is 15.2 Å². The van der Waals surface area contributed by atoms with Crippen LogP contribution in [-0.2, 0) is 16.1 Å². The normalized spacial score (nSPS) is 22.2. The molecular weight excluding hydrogens is 448 g/mol. The molecule has 0 unspecified atom stereocenters. The molecule has 8 nitrogen and oxygen atoms in total. The van der Waals surface area contributed by atoms with Gasteiger partial charge in [0.1, 0.15) is 5.82 Å². The van der Waals surface area contributed by atoms with Crippen LogP contribution in [0.2, 0.25) is 0 Å². The number of carbonyl (C=O) groups excluding carboxylic acids is 1. The third-order valence-electron chi connectivity index (χ3n) is 5.48. The minimum absolute atomic E-state index is 0.149. The molecule has 2 fully saturated rings. The molecule has 2 aromatic rings. The molecule has 2 N–H and O–H groups in total. The molecule has 0 radical (unpaired) electrons. The molecule has 0 aliphatic carbocycles. The fourth-order valence-corrected chi connectivity index (χ4v) is 3.84. The number of carboxylic acid groups (broad SMARTS) is 1. The molecule has 12 heteroatoms. The van der Waals surface area contributed by atoms with Crippen LogP contribution in [0.15, 0.2) is 42.7 Å². The highest BCUT2D eigenvalue weighted by molar-refractivity contribution is 5.93. The molecule has 3 atom stereocenters.